The fourth-order valence-corrected chi connectivity index (χ4v) is 3.06. The standard InChI is InChI=1S/C19H21N3O2/c1-13(23)20-10-9-16-17-11-15(24-3)12-21-19(17)22(2)18(16)14-7-5-4-6-8-14/h4-8,11-12H,9-10H2,1-3H3,(H,20,23). The Kier molecular flexibility index (Phi) is 4.51. The number of rotatable bonds is 5. The summed E-state index contributed by atoms with van der Waals surface area (Å²) in [6.07, 6.45) is 2.46. The summed E-state index contributed by atoms with van der Waals surface area (Å²) in [5, 5.41) is 3.93. The topological polar surface area (TPSA) is 56.1 Å². The summed E-state index contributed by atoms with van der Waals surface area (Å²) < 4.78 is 7.44. The zero-order valence-corrected chi connectivity index (χ0v) is 14.2. The van der Waals surface area contributed by atoms with Gasteiger partial charge in [0.1, 0.15) is 11.4 Å². The molecule has 1 amide bonds. The van der Waals surface area contributed by atoms with Crippen LogP contribution in [0.5, 0.6) is 5.75 Å². The van der Waals surface area contributed by atoms with Crippen molar-refractivity contribution < 1.29 is 9.53 Å². The highest BCUT2D eigenvalue weighted by atomic mass is 16.5. The Morgan fingerprint density at radius 3 is 2.71 bits per heavy atom. The van der Waals surface area contributed by atoms with E-state index in [0.29, 0.717) is 6.54 Å². The Bertz CT molecular complexity index is 869. The normalized spacial score (nSPS) is 10.8. The molecule has 0 unspecified atom stereocenters. The van der Waals surface area contributed by atoms with Crippen LogP contribution in [0.3, 0.4) is 0 Å². The van der Waals surface area contributed by atoms with Crippen LogP contribution in [-0.2, 0) is 18.3 Å². The Labute approximate surface area is 141 Å². The molecule has 5 heteroatoms. The number of fused-ring (bicyclic) bond motifs is 1. The first kappa shape index (κ1) is 16.1. The van der Waals surface area contributed by atoms with Gasteiger partial charge in [-0.3, -0.25) is 4.79 Å². The molecule has 2 heterocycles. The lowest BCUT2D eigenvalue weighted by Gasteiger charge is -2.08. The van der Waals surface area contributed by atoms with Crippen molar-refractivity contribution in [1.82, 2.24) is 14.9 Å². The van der Waals surface area contributed by atoms with Gasteiger partial charge in [0.25, 0.3) is 0 Å². The highest BCUT2D eigenvalue weighted by molar-refractivity contribution is 5.90. The van der Waals surface area contributed by atoms with Crippen molar-refractivity contribution in [3.05, 3.63) is 48.2 Å². The molecule has 0 aliphatic heterocycles. The first-order valence-corrected chi connectivity index (χ1v) is 7.93. The number of aromatic nitrogens is 2. The lowest BCUT2D eigenvalue weighted by atomic mass is 10.0. The average molecular weight is 323 g/mol. The van der Waals surface area contributed by atoms with Crippen LogP contribution in [0, 0.1) is 0 Å². The number of nitrogens with one attached hydrogen (secondary N) is 1. The quantitative estimate of drug-likeness (QED) is 0.785. The summed E-state index contributed by atoms with van der Waals surface area (Å²) in [4.78, 5) is 15.8. The number of nitrogens with zero attached hydrogens (tertiary/aromatic N) is 2. The summed E-state index contributed by atoms with van der Waals surface area (Å²) >= 11 is 0. The van der Waals surface area contributed by atoms with E-state index in [1.165, 1.54) is 12.5 Å². The van der Waals surface area contributed by atoms with E-state index in [9.17, 15) is 4.79 Å². The molecule has 1 N–H and O–H groups in total. The predicted molar refractivity (Wildman–Crippen MR) is 95.1 cm³/mol. The monoisotopic (exact) mass is 323 g/mol. The van der Waals surface area contributed by atoms with Gasteiger partial charge in [0, 0.05) is 25.9 Å². The first-order valence-electron chi connectivity index (χ1n) is 7.93. The molecule has 5 nitrogen and oxygen atoms in total. The SMILES string of the molecule is COc1cnc2c(c1)c(CCNC(C)=O)c(-c1ccccc1)n2C. The number of aryl methyl sites for hydroxylation is 1. The Morgan fingerprint density at radius 2 is 2.04 bits per heavy atom. The van der Waals surface area contributed by atoms with Crippen molar-refractivity contribution in [2.45, 2.75) is 13.3 Å². The van der Waals surface area contributed by atoms with Crippen LogP contribution in [-0.4, -0.2) is 29.1 Å². The third-order valence-electron chi connectivity index (χ3n) is 4.14. The van der Waals surface area contributed by atoms with Gasteiger partial charge in [0.05, 0.1) is 19.0 Å². The fourth-order valence-electron chi connectivity index (χ4n) is 3.06. The van der Waals surface area contributed by atoms with Crippen molar-refractivity contribution in [3.63, 3.8) is 0 Å². The Morgan fingerprint density at radius 1 is 1.29 bits per heavy atom. The molecule has 0 fully saturated rings. The number of hydrogen-bond donors (Lipinski definition) is 1. The molecular formula is C19H21N3O2. The molecule has 0 aliphatic rings. The molecule has 2 aromatic heterocycles. The summed E-state index contributed by atoms with van der Waals surface area (Å²) in [5.74, 6) is 0.709. The molecule has 124 valence electrons. The molecule has 3 rings (SSSR count). The second-order valence-electron chi connectivity index (χ2n) is 5.73. The molecule has 0 spiro atoms. The van der Waals surface area contributed by atoms with Crippen LogP contribution >= 0.6 is 0 Å². The van der Waals surface area contributed by atoms with Gasteiger partial charge >= 0.3 is 0 Å². The summed E-state index contributed by atoms with van der Waals surface area (Å²) in [6, 6.07) is 12.3. The third-order valence-corrected chi connectivity index (χ3v) is 4.14. The second-order valence-corrected chi connectivity index (χ2v) is 5.73. The van der Waals surface area contributed by atoms with E-state index < -0.39 is 0 Å². The first-order chi connectivity index (χ1) is 11.6. The predicted octanol–water partition coefficient (Wildman–Crippen LogP) is 2.93. The number of hydrogen-bond acceptors (Lipinski definition) is 3. The number of pyridine rings is 1. The summed E-state index contributed by atoms with van der Waals surface area (Å²) in [6.45, 7) is 2.12. The number of benzene rings is 1. The van der Waals surface area contributed by atoms with Crippen LogP contribution in [0.25, 0.3) is 22.3 Å². The van der Waals surface area contributed by atoms with Crippen LogP contribution in [0.15, 0.2) is 42.6 Å². The minimum absolute atomic E-state index is 0.0211. The maximum Gasteiger partial charge on any atom is 0.216 e. The fraction of sp³-hybridized carbons (Fsp3) is 0.263. The van der Waals surface area contributed by atoms with Crippen LogP contribution < -0.4 is 10.1 Å². The molecule has 0 saturated heterocycles. The maximum atomic E-state index is 11.2. The van der Waals surface area contributed by atoms with Crippen LogP contribution in [0.2, 0.25) is 0 Å². The van der Waals surface area contributed by atoms with E-state index in [-0.39, 0.29) is 5.91 Å². The zero-order chi connectivity index (χ0) is 17.1. The molecule has 0 radical (unpaired) electrons. The molecule has 0 atom stereocenters. The summed E-state index contributed by atoms with van der Waals surface area (Å²) in [7, 11) is 3.66. The summed E-state index contributed by atoms with van der Waals surface area (Å²) in [5.41, 5.74) is 4.33. The number of carbonyl (C=O) groups is 1. The largest absolute Gasteiger partial charge is 0.495 e. The number of amides is 1. The van der Waals surface area contributed by atoms with Crippen LogP contribution in [0.1, 0.15) is 12.5 Å². The van der Waals surface area contributed by atoms with Crippen molar-refractivity contribution in [1.29, 1.82) is 0 Å². The van der Waals surface area contributed by atoms with Gasteiger partial charge in [-0.15, -0.1) is 0 Å². The van der Waals surface area contributed by atoms with Crippen molar-refractivity contribution in [3.8, 4) is 17.0 Å². The minimum atomic E-state index is -0.0211. The highest BCUT2D eigenvalue weighted by Gasteiger charge is 2.18. The van der Waals surface area contributed by atoms with Gasteiger partial charge in [0.15, 0.2) is 0 Å². The molecule has 1 aromatic carbocycles. The van der Waals surface area contributed by atoms with E-state index in [4.69, 9.17) is 4.74 Å². The van der Waals surface area contributed by atoms with Gasteiger partial charge in [-0.05, 0) is 23.6 Å². The van der Waals surface area contributed by atoms with E-state index in [0.717, 1.165) is 34.5 Å². The third kappa shape index (κ3) is 2.97. The zero-order valence-electron chi connectivity index (χ0n) is 14.2. The van der Waals surface area contributed by atoms with E-state index >= 15 is 0 Å². The molecular weight excluding hydrogens is 302 g/mol. The van der Waals surface area contributed by atoms with Gasteiger partial charge in [-0.25, -0.2) is 4.98 Å². The van der Waals surface area contributed by atoms with E-state index in [1.54, 1.807) is 13.3 Å². The minimum Gasteiger partial charge on any atom is -0.495 e. The van der Waals surface area contributed by atoms with Crippen molar-refractivity contribution in [2.75, 3.05) is 13.7 Å². The van der Waals surface area contributed by atoms with E-state index in [2.05, 4.69) is 27.0 Å². The van der Waals surface area contributed by atoms with Crippen molar-refractivity contribution >= 4 is 16.9 Å². The van der Waals surface area contributed by atoms with Gasteiger partial charge in [0.2, 0.25) is 5.91 Å². The van der Waals surface area contributed by atoms with Gasteiger partial charge in [-0.1, -0.05) is 30.3 Å². The Balaban J connectivity index is 2.16. The molecule has 24 heavy (non-hydrogen) atoms. The van der Waals surface area contributed by atoms with Crippen molar-refractivity contribution in [2.24, 2.45) is 7.05 Å². The molecule has 0 bridgehead atoms. The molecule has 0 aliphatic carbocycles. The smallest absolute Gasteiger partial charge is 0.216 e. The van der Waals surface area contributed by atoms with Gasteiger partial charge < -0.3 is 14.6 Å². The number of ether oxygens (including phenoxy) is 1. The lowest BCUT2D eigenvalue weighted by molar-refractivity contribution is -0.118. The Hall–Kier alpha value is -2.82. The lowest BCUT2D eigenvalue weighted by Crippen LogP contribution is -2.22. The molecule has 3 aromatic rings. The highest BCUT2D eigenvalue weighted by Crippen LogP contribution is 2.33. The average Bonchev–Trinajstić information content (AvgIpc) is 2.87. The van der Waals surface area contributed by atoms with Gasteiger partial charge in [-0.2, -0.15) is 0 Å². The maximum absolute atomic E-state index is 11.2. The molecule has 0 saturated carbocycles. The number of methoxy groups -OCH3 is 1. The van der Waals surface area contributed by atoms with E-state index in [1.807, 2.05) is 31.3 Å². The van der Waals surface area contributed by atoms with Crippen LogP contribution in [0.4, 0.5) is 0 Å². The number of carbonyl (C=O) groups excluding carboxylic acids is 1. The second kappa shape index (κ2) is 6.74.